The number of aliphatic hydroxyl groups excluding tert-OH is 1. The minimum atomic E-state index is -2.81. The van der Waals surface area contributed by atoms with Gasteiger partial charge in [-0.1, -0.05) is 23.2 Å². The van der Waals surface area contributed by atoms with Gasteiger partial charge in [0.15, 0.2) is 5.15 Å². The van der Waals surface area contributed by atoms with E-state index in [0.29, 0.717) is 46.7 Å². The number of nitrogens with one attached hydrogen (secondary N) is 1. The summed E-state index contributed by atoms with van der Waals surface area (Å²) in [5, 5.41) is 18.4. The van der Waals surface area contributed by atoms with Crippen LogP contribution in [-0.2, 0) is 4.74 Å². The van der Waals surface area contributed by atoms with Crippen LogP contribution in [0.3, 0.4) is 0 Å². The number of nitrogens with zero attached hydrogens (tertiary/aromatic N) is 5. The molecular weight excluding hydrogens is 532 g/mol. The van der Waals surface area contributed by atoms with E-state index >= 15 is 4.39 Å². The summed E-state index contributed by atoms with van der Waals surface area (Å²) in [6.07, 6.45) is 1.29. The van der Waals surface area contributed by atoms with Crippen molar-refractivity contribution in [3.63, 3.8) is 0 Å². The molecule has 8 nitrogen and oxygen atoms in total. The van der Waals surface area contributed by atoms with Crippen LogP contribution in [0.1, 0.15) is 37.3 Å². The van der Waals surface area contributed by atoms with Crippen LogP contribution in [0.5, 0.6) is 0 Å². The minimum absolute atomic E-state index is 0.0428. The van der Waals surface area contributed by atoms with E-state index < -0.39 is 35.7 Å². The normalized spacial score (nSPS) is 31.6. The minimum Gasteiger partial charge on any atom is -0.389 e. The van der Waals surface area contributed by atoms with E-state index in [2.05, 4.69) is 20.4 Å². The number of aliphatic hydroxyl groups is 1. The second-order valence-corrected chi connectivity index (χ2v) is 11.0. The summed E-state index contributed by atoms with van der Waals surface area (Å²) < 4.78 is 48.9. The van der Waals surface area contributed by atoms with Crippen molar-refractivity contribution in [2.75, 3.05) is 31.6 Å². The van der Waals surface area contributed by atoms with Gasteiger partial charge in [-0.15, -0.1) is 0 Å². The number of alkyl halides is 3. The van der Waals surface area contributed by atoms with Gasteiger partial charge in [-0.2, -0.15) is 5.10 Å². The molecule has 13 heteroatoms. The van der Waals surface area contributed by atoms with Gasteiger partial charge in [0, 0.05) is 35.5 Å². The van der Waals surface area contributed by atoms with Crippen molar-refractivity contribution in [1.82, 2.24) is 24.6 Å². The zero-order chi connectivity index (χ0) is 26.1. The molecule has 2 saturated heterocycles. The molecule has 37 heavy (non-hydrogen) atoms. The molecule has 0 bridgehead atoms. The number of fused-ring (bicyclic) bond motifs is 1. The maximum Gasteiger partial charge on any atom is 0.272 e. The fourth-order valence-corrected chi connectivity index (χ4v) is 5.89. The van der Waals surface area contributed by atoms with Gasteiger partial charge in [0.05, 0.1) is 42.3 Å². The van der Waals surface area contributed by atoms with Gasteiger partial charge in [0.1, 0.15) is 12.2 Å². The Morgan fingerprint density at radius 2 is 2.03 bits per heavy atom. The molecule has 1 aliphatic carbocycles. The number of likely N-dealkylation sites (tertiary alicyclic amines) is 1. The number of aromatic nitrogens is 4. The molecule has 5 atom stereocenters. The largest absolute Gasteiger partial charge is 0.389 e. The first-order chi connectivity index (χ1) is 17.6. The maximum absolute atomic E-state index is 15.5. The van der Waals surface area contributed by atoms with Crippen molar-refractivity contribution >= 4 is 45.7 Å². The molecule has 0 amide bonds. The number of hydrogen-bond acceptors (Lipinski definition) is 7. The first kappa shape index (κ1) is 25.1. The zero-order valence-electron chi connectivity index (χ0n) is 19.8. The molecule has 2 N–H and O–H groups in total. The van der Waals surface area contributed by atoms with Crippen LogP contribution in [0, 0.1) is 0 Å². The van der Waals surface area contributed by atoms with E-state index in [-0.39, 0.29) is 30.7 Å². The van der Waals surface area contributed by atoms with Gasteiger partial charge in [0.2, 0.25) is 5.95 Å². The highest BCUT2D eigenvalue weighted by Gasteiger charge is 2.59. The van der Waals surface area contributed by atoms with Gasteiger partial charge in [0.25, 0.3) is 5.92 Å². The fraction of sp³-hybridized carbons (Fsp3) is 0.542. The van der Waals surface area contributed by atoms with Crippen LogP contribution >= 0.6 is 23.2 Å². The Kier molecular flexibility index (Phi) is 6.07. The summed E-state index contributed by atoms with van der Waals surface area (Å²) in [6.45, 7) is 3.27. The predicted molar refractivity (Wildman–Crippen MR) is 133 cm³/mol. The Labute approximate surface area is 220 Å². The maximum atomic E-state index is 15.5. The molecule has 5 unspecified atom stereocenters. The molecule has 6 rings (SSSR count). The molecule has 3 aromatic rings. The Hall–Kier alpha value is -2.18. The number of anilines is 2. The quantitative estimate of drug-likeness (QED) is 0.469. The number of piperidine rings is 1. The Morgan fingerprint density at radius 1 is 1.24 bits per heavy atom. The van der Waals surface area contributed by atoms with Crippen molar-refractivity contribution in [2.45, 2.75) is 55.5 Å². The van der Waals surface area contributed by atoms with Gasteiger partial charge < -0.3 is 15.2 Å². The molecule has 0 spiro atoms. The number of benzene rings is 1. The smallest absolute Gasteiger partial charge is 0.272 e. The van der Waals surface area contributed by atoms with Crippen LogP contribution in [0.4, 0.5) is 24.8 Å². The van der Waals surface area contributed by atoms with Gasteiger partial charge in [-0.3, -0.25) is 4.90 Å². The SMILES string of the molecule is CC1(N2CCC(c3cc4nc(Nc5cnn(C6CC6(F)F)c5Cl)ncc4cc3Cl)C(F)C2)COCC1O. The van der Waals surface area contributed by atoms with Crippen LogP contribution in [0.15, 0.2) is 24.5 Å². The monoisotopic (exact) mass is 556 g/mol. The number of rotatable bonds is 5. The molecule has 4 heterocycles. The van der Waals surface area contributed by atoms with E-state index in [1.807, 2.05) is 11.8 Å². The highest BCUT2D eigenvalue weighted by atomic mass is 35.5. The van der Waals surface area contributed by atoms with Crippen LogP contribution in [-0.4, -0.2) is 79.8 Å². The lowest BCUT2D eigenvalue weighted by Crippen LogP contribution is -2.58. The highest BCUT2D eigenvalue weighted by Crippen LogP contribution is 2.53. The third kappa shape index (κ3) is 4.34. The standard InChI is InChI=1S/C24H25Cl2F3N6O2/c1-23(11-37-10-20(23)36)34-3-2-13(16(27)9-34)14-5-17-12(4-15(14)25)7-30-22(32-17)33-18-8-31-35(21(18)26)19-6-24(19,28)29/h4-5,7-8,13,16,19-20,36H,2-3,6,9-11H2,1H3,(H,30,32,33). The van der Waals surface area contributed by atoms with Crippen LogP contribution in [0.25, 0.3) is 10.9 Å². The summed E-state index contributed by atoms with van der Waals surface area (Å²) >= 11 is 12.8. The molecule has 3 aliphatic rings. The number of halogens is 5. The van der Waals surface area contributed by atoms with E-state index in [4.69, 9.17) is 27.9 Å². The van der Waals surface area contributed by atoms with E-state index in [1.165, 1.54) is 6.20 Å². The Morgan fingerprint density at radius 3 is 2.70 bits per heavy atom. The van der Waals surface area contributed by atoms with Gasteiger partial charge in [-0.05, 0) is 37.6 Å². The summed E-state index contributed by atoms with van der Waals surface area (Å²) in [5.41, 5.74) is 0.901. The second kappa shape index (κ2) is 8.94. The lowest BCUT2D eigenvalue weighted by atomic mass is 9.84. The lowest BCUT2D eigenvalue weighted by molar-refractivity contribution is -0.0238. The summed E-state index contributed by atoms with van der Waals surface area (Å²) in [4.78, 5) is 10.8. The summed E-state index contributed by atoms with van der Waals surface area (Å²) in [6, 6.07) is 2.43. The lowest BCUT2D eigenvalue weighted by Gasteiger charge is -2.45. The molecule has 2 aliphatic heterocycles. The molecule has 1 aromatic carbocycles. The molecule has 198 valence electrons. The topological polar surface area (TPSA) is 88.3 Å². The number of hydrogen-bond donors (Lipinski definition) is 2. The Balaban J connectivity index is 1.23. The summed E-state index contributed by atoms with van der Waals surface area (Å²) in [5.74, 6) is -3.05. The van der Waals surface area contributed by atoms with Crippen molar-refractivity contribution < 1.29 is 23.0 Å². The van der Waals surface area contributed by atoms with Crippen LogP contribution in [0.2, 0.25) is 10.2 Å². The van der Waals surface area contributed by atoms with Gasteiger partial charge >= 0.3 is 0 Å². The van der Waals surface area contributed by atoms with Crippen molar-refractivity contribution in [1.29, 1.82) is 0 Å². The summed E-state index contributed by atoms with van der Waals surface area (Å²) in [7, 11) is 0. The Bertz CT molecular complexity index is 1360. The van der Waals surface area contributed by atoms with E-state index in [0.717, 1.165) is 4.68 Å². The average molecular weight is 557 g/mol. The molecule has 2 aromatic heterocycles. The first-order valence-corrected chi connectivity index (χ1v) is 12.8. The van der Waals surface area contributed by atoms with Crippen molar-refractivity contribution in [3.8, 4) is 0 Å². The van der Waals surface area contributed by atoms with E-state index in [1.54, 1.807) is 18.3 Å². The zero-order valence-corrected chi connectivity index (χ0v) is 21.4. The first-order valence-electron chi connectivity index (χ1n) is 12.1. The second-order valence-electron chi connectivity index (χ2n) is 10.3. The van der Waals surface area contributed by atoms with Crippen molar-refractivity contribution in [3.05, 3.63) is 40.3 Å². The van der Waals surface area contributed by atoms with Crippen LogP contribution < -0.4 is 5.32 Å². The predicted octanol–water partition coefficient (Wildman–Crippen LogP) is 4.73. The van der Waals surface area contributed by atoms with Crippen molar-refractivity contribution in [2.24, 2.45) is 0 Å². The molecule has 1 saturated carbocycles. The molecular formula is C24H25Cl2F3N6O2. The third-order valence-corrected chi connectivity index (χ3v) is 8.52. The number of ether oxygens (including phenoxy) is 1. The van der Waals surface area contributed by atoms with Gasteiger partial charge in [-0.25, -0.2) is 27.8 Å². The molecule has 3 fully saturated rings. The molecule has 0 radical (unpaired) electrons. The fourth-order valence-electron chi connectivity index (χ4n) is 5.32. The highest BCUT2D eigenvalue weighted by molar-refractivity contribution is 6.32. The average Bonchev–Trinajstić information content (AvgIpc) is 3.13. The van der Waals surface area contributed by atoms with E-state index in [9.17, 15) is 13.9 Å². The third-order valence-electron chi connectivity index (χ3n) is 7.82.